The fourth-order valence-electron chi connectivity index (χ4n) is 2.29. The van der Waals surface area contributed by atoms with E-state index < -0.39 is 11.6 Å². The average molecular weight is 311 g/mol. The molecule has 0 saturated carbocycles. The Morgan fingerprint density at radius 3 is 2.62 bits per heavy atom. The Bertz CT molecular complexity index is 564. The largest absolute Gasteiger partial charge is 0.479 e. The molecule has 1 amide bonds. The summed E-state index contributed by atoms with van der Waals surface area (Å²) in [5, 5.41) is 9.22. The molecule has 21 heavy (non-hydrogen) atoms. The number of amides is 1. The van der Waals surface area contributed by atoms with Gasteiger partial charge in [0.2, 0.25) is 5.67 Å². The van der Waals surface area contributed by atoms with Gasteiger partial charge in [-0.15, -0.1) is 11.8 Å². The van der Waals surface area contributed by atoms with Crippen LogP contribution in [0, 0.1) is 0 Å². The van der Waals surface area contributed by atoms with Crippen molar-refractivity contribution in [3.8, 4) is 0 Å². The zero-order valence-corrected chi connectivity index (χ0v) is 12.8. The fourth-order valence-corrected chi connectivity index (χ4v) is 3.24. The molecule has 4 nitrogen and oxygen atoms in total. The van der Waals surface area contributed by atoms with Crippen molar-refractivity contribution >= 4 is 23.6 Å². The van der Waals surface area contributed by atoms with Gasteiger partial charge in [-0.2, -0.15) is 0 Å². The third kappa shape index (κ3) is 3.37. The minimum Gasteiger partial charge on any atom is -0.479 e. The highest BCUT2D eigenvalue weighted by Gasteiger charge is 2.47. The number of thioether (sulfide) groups is 1. The standard InChI is InChI=1S/C15H18FNO3S/c1-10(2)21-12-6-4-3-5-11(12)13(18)17-8-7-15(16,9-17)14(19)20/h3-6,10H,7-9H2,1-2H3,(H,19,20). The minimum atomic E-state index is -2.32. The molecule has 1 fully saturated rings. The van der Waals surface area contributed by atoms with Crippen LogP contribution < -0.4 is 0 Å². The van der Waals surface area contributed by atoms with E-state index >= 15 is 0 Å². The van der Waals surface area contributed by atoms with Crippen LogP contribution in [0.3, 0.4) is 0 Å². The number of hydrogen-bond donors (Lipinski definition) is 1. The quantitative estimate of drug-likeness (QED) is 0.869. The summed E-state index contributed by atoms with van der Waals surface area (Å²) in [6.45, 7) is 3.79. The predicted molar refractivity (Wildman–Crippen MR) is 79.4 cm³/mol. The Hall–Kier alpha value is -1.56. The van der Waals surface area contributed by atoms with Gasteiger partial charge in [0.15, 0.2) is 0 Å². The van der Waals surface area contributed by atoms with Crippen LogP contribution in [0.1, 0.15) is 30.6 Å². The second-order valence-corrected chi connectivity index (χ2v) is 7.03. The first-order valence-electron chi connectivity index (χ1n) is 6.81. The van der Waals surface area contributed by atoms with Crippen LogP contribution in [0.15, 0.2) is 29.2 Å². The molecule has 1 aliphatic heterocycles. The molecule has 0 radical (unpaired) electrons. The van der Waals surface area contributed by atoms with Gasteiger partial charge in [-0.05, 0) is 12.1 Å². The lowest BCUT2D eigenvalue weighted by Gasteiger charge is -2.19. The highest BCUT2D eigenvalue weighted by Crippen LogP contribution is 2.31. The fraction of sp³-hybridized carbons (Fsp3) is 0.467. The molecule has 1 unspecified atom stereocenters. The first-order chi connectivity index (χ1) is 9.83. The lowest BCUT2D eigenvalue weighted by atomic mass is 10.1. The minimum absolute atomic E-state index is 0.127. The van der Waals surface area contributed by atoms with Gasteiger partial charge in [-0.1, -0.05) is 26.0 Å². The number of carbonyl (C=O) groups excluding carboxylic acids is 1. The molecule has 1 aromatic carbocycles. The Morgan fingerprint density at radius 1 is 1.38 bits per heavy atom. The molecule has 0 spiro atoms. The maximum Gasteiger partial charge on any atom is 0.343 e. The van der Waals surface area contributed by atoms with Crippen LogP contribution in [0.25, 0.3) is 0 Å². The summed E-state index contributed by atoms with van der Waals surface area (Å²) in [7, 11) is 0. The number of benzene rings is 1. The van der Waals surface area contributed by atoms with Crippen molar-refractivity contribution in [1.29, 1.82) is 0 Å². The number of carbonyl (C=O) groups is 2. The molecule has 0 aromatic heterocycles. The van der Waals surface area contributed by atoms with Gasteiger partial charge in [0.1, 0.15) is 0 Å². The van der Waals surface area contributed by atoms with Gasteiger partial charge in [0.25, 0.3) is 5.91 Å². The van der Waals surface area contributed by atoms with E-state index in [1.54, 1.807) is 23.9 Å². The van der Waals surface area contributed by atoms with E-state index in [4.69, 9.17) is 5.11 Å². The van der Waals surface area contributed by atoms with Crippen LogP contribution >= 0.6 is 11.8 Å². The second-order valence-electron chi connectivity index (χ2n) is 5.41. The molecular weight excluding hydrogens is 293 g/mol. The van der Waals surface area contributed by atoms with Crippen LogP contribution in [-0.4, -0.2) is 45.9 Å². The molecule has 114 valence electrons. The highest BCUT2D eigenvalue weighted by molar-refractivity contribution is 8.00. The Morgan fingerprint density at radius 2 is 2.05 bits per heavy atom. The SMILES string of the molecule is CC(C)Sc1ccccc1C(=O)N1CCC(F)(C(=O)O)C1. The number of halogens is 1. The van der Waals surface area contributed by atoms with E-state index in [-0.39, 0.29) is 25.4 Å². The van der Waals surface area contributed by atoms with E-state index in [1.807, 2.05) is 26.0 Å². The second kappa shape index (κ2) is 6.05. The van der Waals surface area contributed by atoms with E-state index in [1.165, 1.54) is 4.90 Å². The molecule has 0 bridgehead atoms. The first-order valence-corrected chi connectivity index (χ1v) is 7.69. The molecule has 1 atom stereocenters. The topological polar surface area (TPSA) is 57.6 Å². The number of carboxylic acid groups (broad SMARTS) is 1. The highest BCUT2D eigenvalue weighted by atomic mass is 32.2. The number of nitrogens with zero attached hydrogens (tertiary/aromatic N) is 1. The van der Waals surface area contributed by atoms with Crippen LogP contribution in [-0.2, 0) is 4.79 Å². The predicted octanol–water partition coefficient (Wildman–Crippen LogP) is 2.83. The summed E-state index contributed by atoms with van der Waals surface area (Å²) in [6.07, 6.45) is -0.159. The number of alkyl halides is 1. The third-order valence-electron chi connectivity index (χ3n) is 3.37. The summed E-state index contributed by atoms with van der Waals surface area (Å²) < 4.78 is 14.1. The number of aliphatic carboxylic acids is 1. The van der Waals surface area contributed by atoms with Crippen molar-refractivity contribution in [2.24, 2.45) is 0 Å². The first kappa shape index (κ1) is 15.8. The summed E-state index contributed by atoms with van der Waals surface area (Å²) in [5.74, 6) is -1.80. The van der Waals surface area contributed by atoms with Crippen molar-refractivity contribution in [2.45, 2.75) is 36.1 Å². The molecule has 1 heterocycles. The average Bonchev–Trinajstić information content (AvgIpc) is 2.82. The van der Waals surface area contributed by atoms with Gasteiger partial charge >= 0.3 is 5.97 Å². The van der Waals surface area contributed by atoms with Crippen LogP contribution in [0.4, 0.5) is 4.39 Å². The van der Waals surface area contributed by atoms with Gasteiger partial charge in [-0.3, -0.25) is 4.79 Å². The molecule has 0 aliphatic carbocycles. The normalized spacial score (nSPS) is 21.8. The maximum absolute atomic E-state index is 14.1. The van der Waals surface area contributed by atoms with E-state index in [2.05, 4.69) is 0 Å². The summed E-state index contributed by atoms with van der Waals surface area (Å²) >= 11 is 1.56. The van der Waals surface area contributed by atoms with Crippen molar-refractivity contribution in [3.05, 3.63) is 29.8 Å². The Balaban J connectivity index is 2.20. The zero-order valence-electron chi connectivity index (χ0n) is 12.0. The van der Waals surface area contributed by atoms with E-state index in [9.17, 15) is 14.0 Å². The lowest BCUT2D eigenvalue weighted by Crippen LogP contribution is -2.39. The molecule has 1 saturated heterocycles. The molecule has 1 aliphatic rings. The van der Waals surface area contributed by atoms with Gasteiger partial charge in [-0.25, -0.2) is 9.18 Å². The van der Waals surface area contributed by atoms with Crippen LogP contribution in [0.2, 0.25) is 0 Å². The van der Waals surface area contributed by atoms with Crippen molar-refractivity contribution < 1.29 is 19.1 Å². The van der Waals surface area contributed by atoms with Gasteiger partial charge in [0.05, 0.1) is 12.1 Å². The Kier molecular flexibility index (Phi) is 4.56. The lowest BCUT2D eigenvalue weighted by molar-refractivity contribution is -0.149. The number of hydrogen-bond acceptors (Lipinski definition) is 3. The Labute approximate surface area is 127 Å². The van der Waals surface area contributed by atoms with E-state index in [0.29, 0.717) is 10.8 Å². The zero-order chi connectivity index (χ0) is 15.6. The summed E-state index contributed by atoms with van der Waals surface area (Å²) in [4.78, 5) is 25.6. The van der Waals surface area contributed by atoms with Crippen molar-refractivity contribution in [1.82, 2.24) is 4.90 Å². The molecule has 1 N–H and O–H groups in total. The van der Waals surface area contributed by atoms with Crippen molar-refractivity contribution in [2.75, 3.05) is 13.1 Å². The molecule has 2 rings (SSSR count). The van der Waals surface area contributed by atoms with Gasteiger partial charge < -0.3 is 10.0 Å². The third-order valence-corrected chi connectivity index (χ3v) is 4.45. The number of rotatable bonds is 4. The number of carboxylic acids is 1. The summed E-state index contributed by atoms with van der Waals surface area (Å²) in [6, 6.07) is 7.16. The van der Waals surface area contributed by atoms with Crippen molar-refractivity contribution in [3.63, 3.8) is 0 Å². The van der Waals surface area contributed by atoms with E-state index in [0.717, 1.165) is 4.90 Å². The van der Waals surface area contributed by atoms with Gasteiger partial charge in [0, 0.05) is 23.1 Å². The molecule has 6 heteroatoms. The smallest absolute Gasteiger partial charge is 0.343 e. The molecule has 1 aromatic rings. The summed E-state index contributed by atoms with van der Waals surface area (Å²) in [5.41, 5.74) is -1.82. The number of likely N-dealkylation sites (tertiary alicyclic amines) is 1. The maximum atomic E-state index is 14.1. The van der Waals surface area contributed by atoms with Crippen LogP contribution in [0.5, 0.6) is 0 Å². The monoisotopic (exact) mass is 311 g/mol. The molecular formula is C15H18FNO3S.